The zero-order valence-corrected chi connectivity index (χ0v) is 15.6. The summed E-state index contributed by atoms with van der Waals surface area (Å²) in [7, 11) is 1.99. The predicted octanol–water partition coefficient (Wildman–Crippen LogP) is 3.52. The van der Waals surface area contributed by atoms with Gasteiger partial charge in [0.25, 0.3) is 0 Å². The van der Waals surface area contributed by atoms with Crippen LogP contribution in [-0.4, -0.2) is 34.2 Å². The van der Waals surface area contributed by atoms with Crippen LogP contribution in [0.4, 0.5) is 0 Å². The zero-order valence-electron chi connectivity index (χ0n) is 15.6. The van der Waals surface area contributed by atoms with Crippen molar-refractivity contribution in [1.29, 1.82) is 0 Å². The van der Waals surface area contributed by atoms with Crippen LogP contribution in [0.15, 0.2) is 48.5 Å². The number of hydrogen-bond acceptors (Lipinski definition) is 4. The second kappa shape index (κ2) is 8.48. The monoisotopic (exact) mass is 343 g/mol. The van der Waals surface area contributed by atoms with Gasteiger partial charge in [-0.3, -0.25) is 4.90 Å². The molecule has 4 nitrogen and oxygen atoms in total. The van der Waals surface area contributed by atoms with Crippen LogP contribution in [0.1, 0.15) is 43.6 Å². The average Bonchev–Trinajstić information content (AvgIpc) is 2.59. The molecule has 2 rings (SSSR count). The highest BCUT2D eigenvalue weighted by atomic mass is 16.5. The van der Waals surface area contributed by atoms with Gasteiger partial charge < -0.3 is 14.9 Å². The Labute approximate surface area is 150 Å². The second-order valence-corrected chi connectivity index (χ2v) is 7.37. The van der Waals surface area contributed by atoms with E-state index in [1.807, 2.05) is 55.6 Å². The zero-order chi connectivity index (χ0) is 18.4. The van der Waals surface area contributed by atoms with Gasteiger partial charge in [-0.2, -0.15) is 0 Å². The molecule has 0 saturated heterocycles. The number of nitrogens with zero attached hydrogens (tertiary/aromatic N) is 1. The normalized spacial score (nSPS) is 13.1. The molecule has 0 radical (unpaired) electrons. The predicted molar refractivity (Wildman–Crippen MR) is 100 cm³/mol. The van der Waals surface area contributed by atoms with E-state index in [0.29, 0.717) is 24.5 Å². The molecular weight excluding hydrogens is 314 g/mol. The van der Waals surface area contributed by atoms with E-state index in [1.165, 1.54) is 0 Å². The summed E-state index contributed by atoms with van der Waals surface area (Å²) in [5, 5.41) is 20.2. The van der Waals surface area contributed by atoms with Crippen molar-refractivity contribution >= 4 is 0 Å². The quantitative estimate of drug-likeness (QED) is 0.808. The Morgan fingerprint density at radius 3 is 2.36 bits per heavy atom. The summed E-state index contributed by atoms with van der Waals surface area (Å²) in [6, 6.07) is 15.4. The van der Waals surface area contributed by atoms with E-state index in [0.717, 1.165) is 11.1 Å². The topological polar surface area (TPSA) is 52.9 Å². The lowest BCUT2D eigenvalue weighted by Crippen LogP contribution is -2.40. The molecule has 1 atom stereocenters. The van der Waals surface area contributed by atoms with Crippen molar-refractivity contribution in [1.82, 2.24) is 4.90 Å². The number of aliphatic hydroxyl groups is 2. The molecule has 0 bridgehead atoms. The Balaban J connectivity index is 2.07. The van der Waals surface area contributed by atoms with Gasteiger partial charge in [0.05, 0.1) is 12.7 Å². The second-order valence-electron chi connectivity index (χ2n) is 7.37. The molecule has 0 aliphatic heterocycles. The third-order valence-corrected chi connectivity index (χ3v) is 4.47. The highest BCUT2D eigenvalue weighted by Crippen LogP contribution is 2.26. The molecule has 0 saturated carbocycles. The number of likely N-dealkylation sites (N-methyl/N-ethyl adjacent to an activating group) is 1. The third kappa shape index (κ3) is 5.56. The molecule has 0 fully saturated rings. The van der Waals surface area contributed by atoms with Crippen LogP contribution in [0, 0.1) is 0 Å². The fraction of sp³-hybridized carbons (Fsp3) is 0.429. The summed E-state index contributed by atoms with van der Waals surface area (Å²) in [4.78, 5) is 2.11. The maximum atomic E-state index is 10.5. The molecule has 2 N–H and O–H groups in total. The largest absolute Gasteiger partial charge is 0.489 e. The van der Waals surface area contributed by atoms with E-state index in [4.69, 9.17) is 4.74 Å². The third-order valence-electron chi connectivity index (χ3n) is 4.47. The SMILES string of the molecule is CN(CC(O)c1ccc(OCc2ccccc2)c(CO)c1)C(C)(C)C. The number of aliphatic hydroxyl groups excluding tert-OH is 2. The first-order chi connectivity index (χ1) is 11.8. The smallest absolute Gasteiger partial charge is 0.125 e. The van der Waals surface area contributed by atoms with Crippen LogP contribution in [-0.2, 0) is 13.2 Å². The highest BCUT2D eigenvalue weighted by Gasteiger charge is 2.21. The Hall–Kier alpha value is -1.88. The molecule has 0 amide bonds. The number of β-amino-alcohol motifs (C(OH)–C–C–N with tert-alkyl or cyclic N) is 1. The Kier molecular flexibility index (Phi) is 6.59. The molecule has 0 aliphatic rings. The molecule has 0 heterocycles. The van der Waals surface area contributed by atoms with Gasteiger partial charge in [0.1, 0.15) is 12.4 Å². The first kappa shape index (κ1) is 19.4. The van der Waals surface area contributed by atoms with E-state index in [9.17, 15) is 10.2 Å². The van der Waals surface area contributed by atoms with E-state index in [-0.39, 0.29) is 12.1 Å². The number of ether oxygens (including phenoxy) is 1. The van der Waals surface area contributed by atoms with E-state index in [1.54, 1.807) is 0 Å². The summed E-state index contributed by atoms with van der Waals surface area (Å²) < 4.78 is 5.83. The molecule has 1 unspecified atom stereocenters. The Bertz CT molecular complexity index is 665. The number of rotatable bonds is 7. The number of benzene rings is 2. The Morgan fingerprint density at radius 2 is 1.76 bits per heavy atom. The van der Waals surface area contributed by atoms with Crippen LogP contribution in [0.2, 0.25) is 0 Å². The fourth-order valence-electron chi connectivity index (χ4n) is 2.45. The van der Waals surface area contributed by atoms with Gasteiger partial charge in [0.2, 0.25) is 0 Å². The van der Waals surface area contributed by atoms with E-state index >= 15 is 0 Å². The lowest BCUT2D eigenvalue weighted by atomic mass is 10.0. The van der Waals surface area contributed by atoms with Gasteiger partial charge in [0.15, 0.2) is 0 Å². The van der Waals surface area contributed by atoms with Crippen molar-refractivity contribution in [2.75, 3.05) is 13.6 Å². The summed E-state index contributed by atoms with van der Waals surface area (Å²) in [6.07, 6.45) is -0.613. The minimum atomic E-state index is -0.613. The van der Waals surface area contributed by atoms with Crippen molar-refractivity contribution in [3.8, 4) is 5.75 Å². The van der Waals surface area contributed by atoms with Gasteiger partial charge in [-0.1, -0.05) is 36.4 Å². The lowest BCUT2D eigenvalue weighted by Gasteiger charge is -2.33. The molecule has 4 heteroatoms. The lowest BCUT2D eigenvalue weighted by molar-refractivity contribution is 0.0788. The minimum Gasteiger partial charge on any atom is -0.489 e. The molecule has 25 heavy (non-hydrogen) atoms. The van der Waals surface area contributed by atoms with Crippen LogP contribution < -0.4 is 4.74 Å². The molecule has 136 valence electrons. The first-order valence-electron chi connectivity index (χ1n) is 8.61. The molecule has 2 aromatic rings. The maximum Gasteiger partial charge on any atom is 0.125 e. The Morgan fingerprint density at radius 1 is 1.08 bits per heavy atom. The highest BCUT2D eigenvalue weighted by molar-refractivity contribution is 5.38. The van der Waals surface area contributed by atoms with Crippen LogP contribution in [0.25, 0.3) is 0 Å². The van der Waals surface area contributed by atoms with Crippen molar-refractivity contribution in [3.05, 3.63) is 65.2 Å². The average molecular weight is 343 g/mol. The van der Waals surface area contributed by atoms with Crippen LogP contribution in [0.5, 0.6) is 5.75 Å². The van der Waals surface area contributed by atoms with Gasteiger partial charge in [-0.25, -0.2) is 0 Å². The molecule has 0 aliphatic carbocycles. The van der Waals surface area contributed by atoms with E-state index in [2.05, 4.69) is 25.7 Å². The fourth-order valence-corrected chi connectivity index (χ4v) is 2.45. The van der Waals surface area contributed by atoms with Gasteiger partial charge in [0, 0.05) is 17.6 Å². The number of hydrogen-bond donors (Lipinski definition) is 2. The summed E-state index contributed by atoms with van der Waals surface area (Å²) >= 11 is 0. The van der Waals surface area contributed by atoms with Gasteiger partial charge in [-0.05, 0) is 51.1 Å². The van der Waals surface area contributed by atoms with Gasteiger partial charge >= 0.3 is 0 Å². The van der Waals surface area contributed by atoms with Crippen molar-refractivity contribution in [2.45, 2.75) is 45.6 Å². The molecule has 2 aromatic carbocycles. The van der Waals surface area contributed by atoms with Crippen LogP contribution in [0.3, 0.4) is 0 Å². The molecule has 0 spiro atoms. The van der Waals surface area contributed by atoms with Gasteiger partial charge in [-0.15, -0.1) is 0 Å². The molecular formula is C21H29NO3. The summed E-state index contributed by atoms with van der Waals surface area (Å²) in [5.74, 6) is 0.645. The summed E-state index contributed by atoms with van der Waals surface area (Å²) in [5.41, 5.74) is 2.53. The maximum absolute atomic E-state index is 10.5. The standard InChI is InChI=1S/C21H29NO3/c1-21(2,3)22(4)13-19(24)17-10-11-20(18(12-17)14-23)25-15-16-8-6-5-7-9-16/h5-12,19,23-24H,13-15H2,1-4H3. The summed E-state index contributed by atoms with van der Waals surface area (Å²) in [6.45, 7) is 7.18. The van der Waals surface area contributed by atoms with Crippen molar-refractivity contribution in [2.24, 2.45) is 0 Å². The van der Waals surface area contributed by atoms with Crippen LogP contribution >= 0.6 is 0 Å². The molecule has 0 aromatic heterocycles. The first-order valence-corrected chi connectivity index (χ1v) is 8.61. The van der Waals surface area contributed by atoms with Crippen molar-refractivity contribution in [3.63, 3.8) is 0 Å². The minimum absolute atomic E-state index is 0.0144. The van der Waals surface area contributed by atoms with E-state index < -0.39 is 6.10 Å². The van der Waals surface area contributed by atoms with Crippen molar-refractivity contribution < 1.29 is 14.9 Å².